The Morgan fingerprint density at radius 2 is 1.68 bits per heavy atom. The van der Waals surface area contributed by atoms with E-state index in [0.717, 1.165) is 10.5 Å². The van der Waals surface area contributed by atoms with Gasteiger partial charge < -0.3 is 15.4 Å². The van der Waals surface area contributed by atoms with Crippen LogP contribution in [0.25, 0.3) is 0 Å². The number of hydrogen-bond donors (Lipinski definition) is 2. The van der Waals surface area contributed by atoms with Gasteiger partial charge in [0.05, 0.1) is 0 Å². The molecular formula is C20H25N3O5. The Hall–Kier alpha value is -3.16. The second kappa shape index (κ2) is 9.16. The van der Waals surface area contributed by atoms with Gasteiger partial charge in [-0.05, 0) is 26.3 Å². The maximum atomic E-state index is 12.6. The number of carbonyl (C=O) groups is 4. The molecule has 1 aliphatic heterocycles. The lowest BCUT2D eigenvalue weighted by Gasteiger charge is -2.23. The van der Waals surface area contributed by atoms with E-state index < -0.39 is 35.5 Å². The Morgan fingerprint density at radius 1 is 1.07 bits per heavy atom. The van der Waals surface area contributed by atoms with Crippen molar-refractivity contribution in [1.29, 1.82) is 0 Å². The summed E-state index contributed by atoms with van der Waals surface area (Å²) in [4.78, 5) is 48.8. The van der Waals surface area contributed by atoms with Crippen LogP contribution in [-0.2, 0) is 25.5 Å². The van der Waals surface area contributed by atoms with Crippen molar-refractivity contribution in [2.75, 3.05) is 13.1 Å². The van der Waals surface area contributed by atoms with E-state index in [-0.39, 0.29) is 19.5 Å². The Balaban J connectivity index is 1.96. The first-order valence-electron chi connectivity index (χ1n) is 9.00. The number of carbonyl (C=O) groups excluding carboxylic acids is 4. The minimum Gasteiger partial charge on any atom is -0.444 e. The van der Waals surface area contributed by atoms with E-state index in [4.69, 9.17) is 4.74 Å². The quantitative estimate of drug-likeness (QED) is 0.683. The van der Waals surface area contributed by atoms with Gasteiger partial charge in [0.1, 0.15) is 11.6 Å². The van der Waals surface area contributed by atoms with Crippen LogP contribution in [0.15, 0.2) is 42.5 Å². The molecule has 4 amide bonds. The third-order valence-corrected chi connectivity index (χ3v) is 3.83. The zero-order valence-corrected chi connectivity index (χ0v) is 16.2. The lowest BCUT2D eigenvalue weighted by Crippen LogP contribution is -2.50. The molecule has 1 atom stereocenters. The van der Waals surface area contributed by atoms with E-state index in [9.17, 15) is 19.2 Å². The molecule has 0 unspecified atom stereocenters. The predicted octanol–water partition coefficient (Wildman–Crippen LogP) is 1.16. The van der Waals surface area contributed by atoms with Gasteiger partial charge >= 0.3 is 6.09 Å². The van der Waals surface area contributed by atoms with E-state index >= 15 is 0 Å². The number of rotatable bonds is 7. The molecule has 2 N–H and O–H groups in total. The number of nitrogens with one attached hydrogen (secondary N) is 2. The third kappa shape index (κ3) is 6.53. The molecule has 150 valence electrons. The summed E-state index contributed by atoms with van der Waals surface area (Å²) < 4.78 is 5.23. The second-order valence-electron chi connectivity index (χ2n) is 7.34. The van der Waals surface area contributed by atoms with Crippen molar-refractivity contribution in [1.82, 2.24) is 15.5 Å². The summed E-state index contributed by atoms with van der Waals surface area (Å²) in [6.07, 6.45) is 1.95. The topological polar surface area (TPSA) is 105 Å². The largest absolute Gasteiger partial charge is 0.444 e. The maximum Gasteiger partial charge on any atom is 0.408 e. The lowest BCUT2D eigenvalue weighted by molar-refractivity contribution is -0.137. The minimum absolute atomic E-state index is 0.0564. The summed E-state index contributed by atoms with van der Waals surface area (Å²) in [7, 11) is 0. The molecule has 1 aromatic carbocycles. The molecule has 8 nitrogen and oxygen atoms in total. The summed E-state index contributed by atoms with van der Waals surface area (Å²) in [5.74, 6) is -1.25. The first kappa shape index (κ1) is 21.1. The van der Waals surface area contributed by atoms with Crippen LogP contribution >= 0.6 is 0 Å². The average Bonchev–Trinajstić information content (AvgIpc) is 2.92. The van der Waals surface area contributed by atoms with Gasteiger partial charge in [-0.3, -0.25) is 19.3 Å². The summed E-state index contributed by atoms with van der Waals surface area (Å²) in [6, 6.07) is 8.39. The van der Waals surface area contributed by atoms with Gasteiger partial charge in [0.15, 0.2) is 0 Å². The van der Waals surface area contributed by atoms with Crippen LogP contribution in [0.2, 0.25) is 0 Å². The molecule has 0 saturated carbocycles. The molecule has 0 saturated heterocycles. The molecule has 1 aromatic rings. The van der Waals surface area contributed by atoms with Crippen molar-refractivity contribution in [3.8, 4) is 0 Å². The fraction of sp³-hybridized carbons (Fsp3) is 0.400. The molecule has 1 heterocycles. The number of ether oxygens (including phenoxy) is 1. The van der Waals surface area contributed by atoms with Gasteiger partial charge in [0, 0.05) is 31.7 Å². The molecule has 0 spiro atoms. The summed E-state index contributed by atoms with van der Waals surface area (Å²) in [5, 5.41) is 5.24. The van der Waals surface area contributed by atoms with Crippen LogP contribution in [0.3, 0.4) is 0 Å². The summed E-state index contributed by atoms with van der Waals surface area (Å²) >= 11 is 0. The minimum atomic E-state index is -0.861. The Labute approximate surface area is 163 Å². The van der Waals surface area contributed by atoms with Gasteiger partial charge in [-0.15, -0.1) is 0 Å². The molecule has 0 radical (unpaired) electrons. The smallest absolute Gasteiger partial charge is 0.408 e. The highest BCUT2D eigenvalue weighted by atomic mass is 16.6. The maximum absolute atomic E-state index is 12.6. The molecule has 0 aliphatic carbocycles. The lowest BCUT2D eigenvalue weighted by atomic mass is 10.1. The second-order valence-corrected chi connectivity index (χ2v) is 7.34. The van der Waals surface area contributed by atoms with Gasteiger partial charge in [0.2, 0.25) is 5.91 Å². The number of benzene rings is 1. The highest BCUT2D eigenvalue weighted by Gasteiger charge is 2.26. The number of imide groups is 1. The fourth-order valence-corrected chi connectivity index (χ4v) is 2.57. The van der Waals surface area contributed by atoms with E-state index in [1.807, 2.05) is 30.3 Å². The molecular weight excluding hydrogens is 362 g/mol. The van der Waals surface area contributed by atoms with Crippen molar-refractivity contribution in [3.05, 3.63) is 48.0 Å². The third-order valence-electron chi connectivity index (χ3n) is 3.83. The first-order valence-corrected chi connectivity index (χ1v) is 9.00. The van der Waals surface area contributed by atoms with E-state index in [1.54, 1.807) is 20.8 Å². The normalized spacial score (nSPS) is 14.8. The van der Waals surface area contributed by atoms with Gasteiger partial charge in [0.25, 0.3) is 11.8 Å². The van der Waals surface area contributed by atoms with Crippen LogP contribution in [0.5, 0.6) is 0 Å². The number of alkyl carbamates (subject to hydrolysis) is 1. The Kier molecular flexibility index (Phi) is 6.92. The summed E-state index contributed by atoms with van der Waals surface area (Å²) in [6.45, 7) is 5.34. The van der Waals surface area contributed by atoms with E-state index in [1.165, 1.54) is 12.2 Å². The van der Waals surface area contributed by atoms with Gasteiger partial charge in [-0.2, -0.15) is 0 Å². The van der Waals surface area contributed by atoms with Crippen LogP contribution < -0.4 is 10.6 Å². The SMILES string of the molecule is CC(C)(C)OC(=O)N[C@@H](Cc1ccccc1)C(=O)NCCN1C(=O)C=CC1=O. The summed E-state index contributed by atoms with van der Waals surface area (Å²) in [5.41, 5.74) is 0.175. The molecule has 8 heteroatoms. The molecule has 0 fully saturated rings. The van der Waals surface area contributed by atoms with E-state index in [0.29, 0.717) is 0 Å². The monoisotopic (exact) mass is 387 g/mol. The van der Waals surface area contributed by atoms with E-state index in [2.05, 4.69) is 10.6 Å². The van der Waals surface area contributed by atoms with Crippen molar-refractivity contribution in [2.24, 2.45) is 0 Å². The number of amides is 4. The molecule has 28 heavy (non-hydrogen) atoms. The van der Waals surface area contributed by atoms with Crippen molar-refractivity contribution < 1.29 is 23.9 Å². The first-order chi connectivity index (χ1) is 13.2. The zero-order chi connectivity index (χ0) is 20.7. The zero-order valence-electron chi connectivity index (χ0n) is 16.2. The van der Waals surface area contributed by atoms with Gasteiger partial charge in [-0.25, -0.2) is 4.79 Å². The van der Waals surface area contributed by atoms with Crippen LogP contribution in [0.1, 0.15) is 26.3 Å². The van der Waals surface area contributed by atoms with Crippen molar-refractivity contribution in [3.63, 3.8) is 0 Å². The average molecular weight is 387 g/mol. The van der Waals surface area contributed by atoms with Crippen molar-refractivity contribution in [2.45, 2.75) is 38.8 Å². The van der Waals surface area contributed by atoms with Crippen LogP contribution in [0, 0.1) is 0 Å². The van der Waals surface area contributed by atoms with Gasteiger partial charge in [-0.1, -0.05) is 30.3 Å². The molecule has 1 aliphatic rings. The molecule has 0 bridgehead atoms. The Bertz CT molecular complexity index is 750. The van der Waals surface area contributed by atoms with Crippen LogP contribution in [0.4, 0.5) is 4.79 Å². The standard InChI is InChI=1S/C20H25N3O5/c1-20(2,3)28-19(27)22-15(13-14-7-5-4-6-8-14)18(26)21-11-12-23-16(24)9-10-17(23)25/h4-10,15H,11-13H2,1-3H3,(H,21,26)(H,22,27)/t15-/m0/s1. The van der Waals surface area contributed by atoms with Crippen molar-refractivity contribution >= 4 is 23.8 Å². The number of hydrogen-bond acceptors (Lipinski definition) is 5. The fourth-order valence-electron chi connectivity index (χ4n) is 2.57. The molecule has 0 aromatic heterocycles. The highest BCUT2D eigenvalue weighted by Crippen LogP contribution is 2.09. The predicted molar refractivity (Wildman–Crippen MR) is 102 cm³/mol. The highest BCUT2D eigenvalue weighted by molar-refractivity contribution is 6.12. The Morgan fingerprint density at radius 3 is 2.25 bits per heavy atom. The molecule has 2 rings (SSSR count). The van der Waals surface area contributed by atoms with Crippen LogP contribution in [-0.4, -0.2) is 53.4 Å². The number of nitrogens with zero attached hydrogens (tertiary/aromatic N) is 1.